The Morgan fingerprint density at radius 2 is 1.53 bits per heavy atom. The number of hydrogen-bond acceptors (Lipinski definition) is 4. The van der Waals surface area contributed by atoms with Gasteiger partial charge < -0.3 is 14.2 Å². The molecule has 4 heteroatoms. The van der Waals surface area contributed by atoms with E-state index in [2.05, 4.69) is 42.5 Å². The predicted molar refractivity (Wildman–Crippen MR) is 129 cm³/mol. The van der Waals surface area contributed by atoms with E-state index < -0.39 is 6.10 Å². The summed E-state index contributed by atoms with van der Waals surface area (Å²) < 4.78 is 16.4. The lowest BCUT2D eigenvalue weighted by molar-refractivity contribution is -0.156. The first-order valence-electron chi connectivity index (χ1n) is 11.0. The molecular formula is C28H30O4. The zero-order chi connectivity index (χ0) is 22.6. The van der Waals surface area contributed by atoms with Gasteiger partial charge in [0.25, 0.3) is 0 Å². The standard InChI is InChI=1S/C28H30O4/c1-3-30-27(28(29)31-4-2)21-23-14-18-26(19-15-23)32-20-8-9-22-12-16-25(17-13-22)24-10-6-5-7-11-24/h5-19,27H,3-4,20-21H2,1-2H3/t27-/m0/s1. The zero-order valence-corrected chi connectivity index (χ0v) is 18.7. The number of hydrogen-bond donors (Lipinski definition) is 0. The van der Waals surface area contributed by atoms with Crippen molar-refractivity contribution in [3.63, 3.8) is 0 Å². The minimum Gasteiger partial charge on any atom is -0.490 e. The summed E-state index contributed by atoms with van der Waals surface area (Å²) >= 11 is 0. The van der Waals surface area contributed by atoms with Gasteiger partial charge in [-0.25, -0.2) is 4.79 Å². The Morgan fingerprint density at radius 3 is 2.19 bits per heavy atom. The van der Waals surface area contributed by atoms with Crippen LogP contribution in [0.2, 0.25) is 0 Å². The van der Waals surface area contributed by atoms with Crippen molar-refractivity contribution in [1.82, 2.24) is 0 Å². The van der Waals surface area contributed by atoms with Crippen LogP contribution in [0.3, 0.4) is 0 Å². The fourth-order valence-electron chi connectivity index (χ4n) is 3.33. The van der Waals surface area contributed by atoms with Gasteiger partial charge in [-0.2, -0.15) is 0 Å². The lowest BCUT2D eigenvalue weighted by Crippen LogP contribution is -2.28. The van der Waals surface area contributed by atoms with Gasteiger partial charge in [0.2, 0.25) is 0 Å². The van der Waals surface area contributed by atoms with Crippen LogP contribution in [0.15, 0.2) is 84.9 Å². The highest BCUT2D eigenvalue weighted by Crippen LogP contribution is 2.20. The SMILES string of the molecule is CCOC(=O)[C@H](Cc1ccc(OCC=Cc2ccc(-c3ccccc3)cc2)cc1)OCC. The number of carbonyl (C=O) groups is 1. The van der Waals surface area contributed by atoms with Crippen LogP contribution in [0.25, 0.3) is 17.2 Å². The molecule has 0 aliphatic carbocycles. The highest BCUT2D eigenvalue weighted by atomic mass is 16.6. The molecule has 0 aliphatic heterocycles. The van der Waals surface area contributed by atoms with Crippen LogP contribution in [-0.4, -0.2) is 31.9 Å². The summed E-state index contributed by atoms with van der Waals surface area (Å²) in [5, 5.41) is 0. The van der Waals surface area contributed by atoms with E-state index in [0.29, 0.717) is 26.2 Å². The van der Waals surface area contributed by atoms with Crippen molar-refractivity contribution in [2.75, 3.05) is 19.8 Å². The van der Waals surface area contributed by atoms with Crippen molar-refractivity contribution in [2.45, 2.75) is 26.4 Å². The molecular weight excluding hydrogens is 400 g/mol. The molecule has 1 atom stereocenters. The molecule has 0 aliphatic rings. The van der Waals surface area contributed by atoms with E-state index in [1.165, 1.54) is 11.1 Å². The molecule has 0 N–H and O–H groups in total. The number of carbonyl (C=O) groups excluding carboxylic acids is 1. The number of benzene rings is 3. The van der Waals surface area contributed by atoms with Gasteiger partial charge in [-0.15, -0.1) is 0 Å². The predicted octanol–water partition coefficient (Wildman–Crippen LogP) is 5.96. The molecule has 0 fully saturated rings. The second-order valence-electron chi connectivity index (χ2n) is 7.25. The Hall–Kier alpha value is -3.37. The van der Waals surface area contributed by atoms with Crippen LogP contribution in [0, 0.1) is 0 Å². The van der Waals surface area contributed by atoms with Gasteiger partial charge in [-0.05, 0) is 54.3 Å². The lowest BCUT2D eigenvalue weighted by atomic mass is 10.0. The Bertz CT molecular complexity index is 976. The van der Waals surface area contributed by atoms with E-state index in [0.717, 1.165) is 16.9 Å². The minimum absolute atomic E-state index is 0.323. The van der Waals surface area contributed by atoms with Gasteiger partial charge in [0.1, 0.15) is 12.4 Å². The lowest BCUT2D eigenvalue weighted by Gasteiger charge is -2.15. The molecule has 4 nitrogen and oxygen atoms in total. The van der Waals surface area contributed by atoms with E-state index in [4.69, 9.17) is 14.2 Å². The number of rotatable bonds is 11. The Morgan fingerprint density at radius 1 is 0.844 bits per heavy atom. The first kappa shape index (κ1) is 23.3. The van der Waals surface area contributed by atoms with Crippen LogP contribution in [0.1, 0.15) is 25.0 Å². The number of esters is 1. The van der Waals surface area contributed by atoms with Crippen molar-refractivity contribution in [3.8, 4) is 16.9 Å². The summed E-state index contributed by atoms with van der Waals surface area (Å²) in [5.41, 5.74) is 4.54. The zero-order valence-electron chi connectivity index (χ0n) is 18.7. The first-order valence-corrected chi connectivity index (χ1v) is 11.0. The summed E-state index contributed by atoms with van der Waals surface area (Å²) in [5.74, 6) is 0.457. The molecule has 0 bridgehead atoms. The van der Waals surface area contributed by atoms with Gasteiger partial charge in [-0.1, -0.05) is 72.8 Å². The molecule has 0 saturated heterocycles. The Balaban J connectivity index is 1.48. The van der Waals surface area contributed by atoms with Gasteiger partial charge in [0.05, 0.1) is 6.61 Å². The second kappa shape index (κ2) is 12.5. The van der Waals surface area contributed by atoms with E-state index in [1.54, 1.807) is 6.92 Å². The molecule has 0 aromatic heterocycles. The van der Waals surface area contributed by atoms with Crippen LogP contribution in [0.5, 0.6) is 5.75 Å². The fraction of sp³-hybridized carbons (Fsp3) is 0.250. The molecule has 0 amide bonds. The van der Waals surface area contributed by atoms with E-state index in [-0.39, 0.29) is 5.97 Å². The summed E-state index contributed by atoms with van der Waals surface area (Å²) in [6, 6.07) is 26.5. The van der Waals surface area contributed by atoms with Crippen molar-refractivity contribution in [3.05, 3.63) is 96.1 Å². The smallest absolute Gasteiger partial charge is 0.335 e. The molecule has 0 radical (unpaired) electrons. The Kier molecular flexibility index (Phi) is 9.08. The average molecular weight is 431 g/mol. The Labute approximate surface area is 190 Å². The maximum Gasteiger partial charge on any atom is 0.335 e. The van der Waals surface area contributed by atoms with Gasteiger partial charge >= 0.3 is 5.97 Å². The maximum atomic E-state index is 12.0. The minimum atomic E-state index is -0.581. The number of ether oxygens (including phenoxy) is 3. The van der Waals surface area contributed by atoms with E-state index >= 15 is 0 Å². The largest absolute Gasteiger partial charge is 0.490 e. The second-order valence-corrected chi connectivity index (χ2v) is 7.25. The highest BCUT2D eigenvalue weighted by molar-refractivity contribution is 5.75. The van der Waals surface area contributed by atoms with Crippen molar-refractivity contribution in [1.29, 1.82) is 0 Å². The summed E-state index contributed by atoms with van der Waals surface area (Å²) in [4.78, 5) is 12.0. The van der Waals surface area contributed by atoms with Crippen LogP contribution >= 0.6 is 0 Å². The molecule has 166 valence electrons. The molecule has 0 spiro atoms. The molecule has 0 saturated carbocycles. The third-order valence-corrected chi connectivity index (χ3v) is 4.94. The third kappa shape index (κ3) is 7.10. The summed E-state index contributed by atoms with van der Waals surface area (Å²) in [6.45, 7) is 4.95. The quantitative estimate of drug-likeness (QED) is 0.352. The monoisotopic (exact) mass is 430 g/mol. The van der Waals surface area contributed by atoms with Crippen LogP contribution in [0.4, 0.5) is 0 Å². The topological polar surface area (TPSA) is 44.8 Å². The van der Waals surface area contributed by atoms with Crippen LogP contribution in [-0.2, 0) is 20.7 Å². The van der Waals surface area contributed by atoms with Gasteiger partial charge in [-0.3, -0.25) is 0 Å². The van der Waals surface area contributed by atoms with Crippen molar-refractivity contribution >= 4 is 12.0 Å². The normalized spacial score (nSPS) is 11.9. The molecule has 0 heterocycles. The summed E-state index contributed by atoms with van der Waals surface area (Å²) in [6.07, 6.45) is 3.95. The molecule has 32 heavy (non-hydrogen) atoms. The van der Waals surface area contributed by atoms with E-state index in [1.807, 2.05) is 55.5 Å². The van der Waals surface area contributed by atoms with Gasteiger partial charge in [0.15, 0.2) is 6.10 Å². The van der Waals surface area contributed by atoms with E-state index in [9.17, 15) is 4.79 Å². The molecule has 0 unspecified atom stereocenters. The third-order valence-electron chi connectivity index (χ3n) is 4.94. The summed E-state index contributed by atoms with van der Waals surface area (Å²) in [7, 11) is 0. The molecule has 3 aromatic rings. The molecule has 3 rings (SSSR count). The van der Waals surface area contributed by atoms with Gasteiger partial charge in [0, 0.05) is 13.0 Å². The maximum absolute atomic E-state index is 12.0. The van der Waals surface area contributed by atoms with Crippen molar-refractivity contribution < 1.29 is 19.0 Å². The fourth-order valence-corrected chi connectivity index (χ4v) is 3.33. The highest BCUT2D eigenvalue weighted by Gasteiger charge is 2.20. The van der Waals surface area contributed by atoms with Crippen LogP contribution < -0.4 is 4.74 Å². The average Bonchev–Trinajstić information content (AvgIpc) is 2.83. The first-order chi connectivity index (χ1) is 15.7. The molecule has 3 aromatic carbocycles. The van der Waals surface area contributed by atoms with Crippen molar-refractivity contribution in [2.24, 2.45) is 0 Å².